The first-order valence-corrected chi connectivity index (χ1v) is 5.00. The summed E-state index contributed by atoms with van der Waals surface area (Å²) in [6.07, 6.45) is 2.34. The monoisotopic (exact) mass is 211 g/mol. The van der Waals surface area contributed by atoms with E-state index in [0.717, 1.165) is 0 Å². The number of hydrogen-bond acceptors (Lipinski definition) is 3. The van der Waals surface area contributed by atoms with Gasteiger partial charge >= 0.3 is 6.03 Å². The number of carbonyl (C=O) groups is 3. The van der Waals surface area contributed by atoms with Crippen LogP contribution in [0.4, 0.5) is 4.79 Å². The van der Waals surface area contributed by atoms with Crippen molar-refractivity contribution >= 4 is 17.8 Å². The van der Waals surface area contributed by atoms with Crippen LogP contribution in [0.1, 0.15) is 12.8 Å². The molecule has 1 saturated carbocycles. The first-order valence-electron chi connectivity index (χ1n) is 5.00. The van der Waals surface area contributed by atoms with Gasteiger partial charge in [0.1, 0.15) is 13.1 Å². The summed E-state index contributed by atoms with van der Waals surface area (Å²) in [5.74, 6) is 0.0599. The zero-order valence-corrected chi connectivity index (χ0v) is 8.28. The summed E-state index contributed by atoms with van der Waals surface area (Å²) in [5, 5.41) is 4.85. The van der Waals surface area contributed by atoms with Crippen LogP contribution in [0.15, 0.2) is 0 Å². The molecule has 1 heterocycles. The highest BCUT2D eigenvalue weighted by Gasteiger charge is 2.28. The van der Waals surface area contributed by atoms with Crippen molar-refractivity contribution in [3.05, 3.63) is 0 Å². The molecule has 0 unspecified atom stereocenters. The molecular weight excluding hydrogens is 198 g/mol. The van der Waals surface area contributed by atoms with Crippen LogP contribution in [-0.2, 0) is 9.59 Å². The van der Waals surface area contributed by atoms with Gasteiger partial charge in [0.05, 0.1) is 0 Å². The second-order valence-electron chi connectivity index (χ2n) is 3.96. The number of nitrogens with one attached hydrogen (secondary N) is 2. The Morgan fingerprint density at radius 3 is 2.73 bits per heavy atom. The molecular formula is C9H13N3O3. The number of amides is 4. The summed E-state index contributed by atoms with van der Waals surface area (Å²) < 4.78 is 0. The topological polar surface area (TPSA) is 78.5 Å². The molecule has 15 heavy (non-hydrogen) atoms. The number of carbonyl (C=O) groups excluding carboxylic acids is 3. The first-order chi connectivity index (χ1) is 7.15. The molecule has 1 saturated heterocycles. The Labute approximate surface area is 87.0 Å². The molecule has 2 aliphatic rings. The lowest BCUT2D eigenvalue weighted by atomic mass is 10.4. The third-order valence-electron chi connectivity index (χ3n) is 2.49. The van der Waals surface area contributed by atoms with Crippen molar-refractivity contribution in [1.29, 1.82) is 0 Å². The summed E-state index contributed by atoms with van der Waals surface area (Å²) in [6.45, 7) is 0.627. The van der Waals surface area contributed by atoms with E-state index in [9.17, 15) is 14.4 Å². The van der Waals surface area contributed by atoms with E-state index < -0.39 is 6.03 Å². The molecule has 6 nitrogen and oxygen atoms in total. The van der Waals surface area contributed by atoms with Gasteiger partial charge in [-0.2, -0.15) is 0 Å². The Balaban J connectivity index is 1.72. The lowest BCUT2D eigenvalue weighted by Crippen LogP contribution is -2.39. The van der Waals surface area contributed by atoms with Crippen LogP contribution in [0.25, 0.3) is 0 Å². The smallest absolute Gasteiger partial charge is 0.325 e. The highest BCUT2D eigenvalue weighted by atomic mass is 16.2. The Morgan fingerprint density at radius 2 is 2.20 bits per heavy atom. The lowest BCUT2D eigenvalue weighted by molar-refractivity contribution is -0.122. The van der Waals surface area contributed by atoms with E-state index in [1.165, 1.54) is 17.7 Å². The fraction of sp³-hybridized carbons (Fsp3) is 0.667. The average Bonchev–Trinajstić information content (AvgIpc) is 2.92. The van der Waals surface area contributed by atoms with Crippen molar-refractivity contribution in [2.45, 2.75) is 12.8 Å². The second kappa shape index (κ2) is 3.88. The summed E-state index contributed by atoms with van der Waals surface area (Å²) >= 11 is 0. The minimum Gasteiger partial charge on any atom is -0.354 e. The Bertz CT molecular complexity index is 312. The molecule has 0 aromatic heterocycles. The fourth-order valence-corrected chi connectivity index (χ4v) is 1.42. The van der Waals surface area contributed by atoms with Crippen molar-refractivity contribution in [3.8, 4) is 0 Å². The standard InChI is InChI=1S/C9H13N3O3/c13-7(10-3-6-1-2-6)4-12-5-8(14)11-9(12)15/h6H,1-5H2,(H,10,13)(H,11,14,15). The average molecular weight is 211 g/mol. The normalized spacial score (nSPS) is 20.4. The second-order valence-corrected chi connectivity index (χ2v) is 3.96. The predicted molar refractivity (Wildman–Crippen MR) is 50.8 cm³/mol. The molecule has 0 spiro atoms. The van der Waals surface area contributed by atoms with Gasteiger partial charge in [-0.05, 0) is 18.8 Å². The van der Waals surface area contributed by atoms with E-state index in [0.29, 0.717) is 12.5 Å². The van der Waals surface area contributed by atoms with Gasteiger partial charge in [0, 0.05) is 6.54 Å². The number of imide groups is 1. The van der Waals surface area contributed by atoms with Gasteiger partial charge in [-0.3, -0.25) is 14.9 Å². The summed E-state index contributed by atoms with van der Waals surface area (Å²) in [7, 11) is 0. The van der Waals surface area contributed by atoms with Crippen molar-refractivity contribution in [2.75, 3.05) is 19.6 Å². The highest BCUT2D eigenvalue weighted by Crippen LogP contribution is 2.27. The molecule has 2 fully saturated rings. The minimum atomic E-state index is -0.485. The van der Waals surface area contributed by atoms with Gasteiger partial charge in [-0.1, -0.05) is 0 Å². The third-order valence-corrected chi connectivity index (χ3v) is 2.49. The van der Waals surface area contributed by atoms with Crippen LogP contribution in [0.3, 0.4) is 0 Å². The molecule has 4 amide bonds. The van der Waals surface area contributed by atoms with E-state index in [1.54, 1.807) is 0 Å². The summed E-state index contributed by atoms with van der Waals surface area (Å²) in [4.78, 5) is 34.4. The number of rotatable bonds is 4. The van der Waals surface area contributed by atoms with Crippen LogP contribution in [0.5, 0.6) is 0 Å². The molecule has 0 aromatic carbocycles. The molecule has 0 atom stereocenters. The summed E-state index contributed by atoms with van der Waals surface area (Å²) in [6, 6.07) is -0.485. The van der Waals surface area contributed by atoms with E-state index in [1.807, 2.05) is 0 Å². The number of nitrogens with zero attached hydrogens (tertiary/aromatic N) is 1. The van der Waals surface area contributed by atoms with Crippen LogP contribution >= 0.6 is 0 Å². The fourth-order valence-electron chi connectivity index (χ4n) is 1.42. The molecule has 82 valence electrons. The van der Waals surface area contributed by atoms with Gasteiger partial charge in [0.2, 0.25) is 11.8 Å². The van der Waals surface area contributed by atoms with E-state index in [-0.39, 0.29) is 24.9 Å². The van der Waals surface area contributed by atoms with Gasteiger partial charge in [-0.15, -0.1) is 0 Å². The summed E-state index contributed by atoms with van der Waals surface area (Å²) in [5.41, 5.74) is 0. The predicted octanol–water partition coefficient (Wildman–Crippen LogP) is -0.936. The molecule has 1 aliphatic carbocycles. The zero-order chi connectivity index (χ0) is 10.8. The Morgan fingerprint density at radius 1 is 1.47 bits per heavy atom. The van der Waals surface area contributed by atoms with Gasteiger partial charge < -0.3 is 10.2 Å². The SMILES string of the molecule is O=C(CN1CC(=O)NC1=O)NCC1CC1. The van der Waals surface area contributed by atoms with Crippen LogP contribution < -0.4 is 10.6 Å². The largest absolute Gasteiger partial charge is 0.354 e. The molecule has 2 rings (SSSR count). The molecule has 6 heteroatoms. The van der Waals surface area contributed by atoms with Crippen LogP contribution in [0, 0.1) is 5.92 Å². The van der Waals surface area contributed by atoms with Crippen molar-refractivity contribution in [3.63, 3.8) is 0 Å². The minimum absolute atomic E-state index is 0.0182. The Hall–Kier alpha value is -1.59. The Kier molecular flexibility index (Phi) is 2.57. The van der Waals surface area contributed by atoms with E-state index in [2.05, 4.69) is 10.6 Å². The zero-order valence-electron chi connectivity index (χ0n) is 8.28. The number of urea groups is 1. The van der Waals surface area contributed by atoms with Gasteiger partial charge in [-0.25, -0.2) is 4.79 Å². The van der Waals surface area contributed by atoms with Crippen molar-refractivity contribution < 1.29 is 14.4 Å². The van der Waals surface area contributed by atoms with E-state index in [4.69, 9.17) is 0 Å². The number of hydrogen-bond donors (Lipinski definition) is 2. The molecule has 0 bridgehead atoms. The third kappa shape index (κ3) is 2.68. The molecule has 1 aliphatic heterocycles. The van der Waals surface area contributed by atoms with Crippen molar-refractivity contribution in [1.82, 2.24) is 15.5 Å². The van der Waals surface area contributed by atoms with Crippen LogP contribution in [-0.4, -0.2) is 42.4 Å². The van der Waals surface area contributed by atoms with Gasteiger partial charge in [0.15, 0.2) is 0 Å². The van der Waals surface area contributed by atoms with E-state index >= 15 is 0 Å². The maximum Gasteiger partial charge on any atom is 0.325 e. The lowest BCUT2D eigenvalue weighted by Gasteiger charge is -2.12. The first kappa shape index (κ1) is 9.95. The molecule has 2 N–H and O–H groups in total. The van der Waals surface area contributed by atoms with Crippen LogP contribution in [0.2, 0.25) is 0 Å². The van der Waals surface area contributed by atoms with Gasteiger partial charge in [0.25, 0.3) is 0 Å². The maximum atomic E-state index is 11.3. The quantitative estimate of drug-likeness (QED) is 0.589. The molecule has 0 radical (unpaired) electrons. The maximum absolute atomic E-state index is 11.3. The highest BCUT2D eigenvalue weighted by molar-refractivity contribution is 6.03. The van der Waals surface area contributed by atoms with Crippen molar-refractivity contribution in [2.24, 2.45) is 5.92 Å². The molecule has 0 aromatic rings.